The molecule has 6 nitrogen and oxygen atoms in total. The second-order valence-corrected chi connectivity index (χ2v) is 5.85. The van der Waals surface area contributed by atoms with E-state index >= 15 is 0 Å². The van der Waals surface area contributed by atoms with Crippen LogP contribution >= 0.6 is 0 Å². The number of halogens is 3. The number of hydrogen-bond acceptors (Lipinski definition) is 3. The zero-order chi connectivity index (χ0) is 19.6. The van der Waals surface area contributed by atoms with E-state index < -0.39 is 29.0 Å². The zero-order valence-electron chi connectivity index (χ0n) is 14.2. The number of rotatable bonds is 5. The van der Waals surface area contributed by atoms with Gasteiger partial charge in [-0.05, 0) is 42.0 Å². The van der Waals surface area contributed by atoms with Crippen LogP contribution in [0, 0.1) is 17.5 Å². The van der Waals surface area contributed by atoms with Gasteiger partial charge in [-0.3, -0.25) is 9.36 Å². The van der Waals surface area contributed by atoms with Gasteiger partial charge < -0.3 is 5.32 Å². The number of hydrogen-bond donors (Lipinski definition) is 1. The van der Waals surface area contributed by atoms with E-state index in [1.807, 2.05) is 0 Å². The topological polar surface area (TPSA) is 68.9 Å². The van der Waals surface area contributed by atoms with Gasteiger partial charge in [0.2, 0.25) is 5.91 Å². The third-order valence-electron chi connectivity index (χ3n) is 3.91. The average molecular weight is 376 g/mol. The molecular weight excluding hydrogens is 361 g/mol. The minimum absolute atomic E-state index is 0.0254. The predicted octanol–water partition coefficient (Wildman–Crippen LogP) is 1.98. The maximum atomic E-state index is 13.2. The van der Waals surface area contributed by atoms with E-state index in [9.17, 15) is 22.8 Å². The Hall–Kier alpha value is -3.36. The molecule has 0 aliphatic heterocycles. The molecule has 1 heterocycles. The molecule has 0 fully saturated rings. The van der Waals surface area contributed by atoms with Crippen LogP contribution in [0.5, 0.6) is 0 Å². The fraction of sp³-hybridized carbons (Fsp3) is 0.167. The number of nitrogens with zero attached hydrogens (tertiary/aromatic N) is 3. The molecule has 1 N–H and O–H groups in total. The van der Waals surface area contributed by atoms with E-state index in [0.717, 1.165) is 16.8 Å². The minimum atomic E-state index is -1.01. The molecule has 0 saturated heterocycles. The first-order valence-electron chi connectivity index (χ1n) is 7.95. The van der Waals surface area contributed by atoms with Gasteiger partial charge in [-0.1, -0.05) is 6.07 Å². The maximum Gasteiger partial charge on any atom is 0.346 e. The molecule has 3 rings (SSSR count). The largest absolute Gasteiger partial charge is 0.350 e. The molecule has 0 spiro atoms. The van der Waals surface area contributed by atoms with Crippen LogP contribution < -0.4 is 11.0 Å². The van der Waals surface area contributed by atoms with Crippen molar-refractivity contribution in [2.75, 3.05) is 0 Å². The summed E-state index contributed by atoms with van der Waals surface area (Å²) in [5.41, 5.74) is 0.386. The fourth-order valence-electron chi connectivity index (χ4n) is 2.48. The SMILES string of the molecule is Cn1c(-c2ccc(F)cc2)nn(CC(=O)NCc2ccc(F)c(F)c2)c1=O. The van der Waals surface area contributed by atoms with Gasteiger partial charge in [-0.25, -0.2) is 22.6 Å². The molecule has 9 heteroatoms. The molecule has 0 atom stereocenters. The Kier molecular flexibility index (Phi) is 5.11. The van der Waals surface area contributed by atoms with Gasteiger partial charge in [-0.2, -0.15) is 0 Å². The van der Waals surface area contributed by atoms with Crippen LogP contribution in [0.4, 0.5) is 13.2 Å². The first-order chi connectivity index (χ1) is 12.8. The molecule has 3 aromatic rings. The van der Waals surface area contributed by atoms with E-state index in [1.165, 1.54) is 41.9 Å². The number of amides is 1. The molecule has 0 bridgehead atoms. The van der Waals surface area contributed by atoms with E-state index in [-0.39, 0.29) is 18.9 Å². The van der Waals surface area contributed by atoms with Crippen molar-refractivity contribution in [1.29, 1.82) is 0 Å². The van der Waals surface area contributed by atoms with Crippen LogP contribution in [0.15, 0.2) is 47.3 Å². The summed E-state index contributed by atoms with van der Waals surface area (Å²) in [6.45, 7) is -0.375. The summed E-state index contributed by atoms with van der Waals surface area (Å²) in [5.74, 6) is -2.64. The monoisotopic (exact) mass is 376 g/mol. The van der Waals surface area contributed by atoms with Gasteiger partial charge in [0.1, 0.15) is 12.4 Å². The highest BCUT2D eigenvalue weighted by atomic mass is 19.2. The van der Waals surface area contributed by atoms with Crippen molar-refractivity contribution in [3.63, 3.8) is 0 Å². The molecule has 2 aromatic carbocycles. The van der Waals surface area contributed by atoms with Gasteiger partial charge in [0.15, 0.2) is 17.5 Å². The second-order valence-electron chi connectivity index (χ2n) is 5.85. The third kappa shape index (κ3) is 4.08. The lowest BCUT2D eigenvalue weighted by Crippen LogP contribution is -2.33. The quantitative estimate of drug-likeness (QED) is 0.740. The van der Waals surface area contributed by atoms with E-state index in [1.54, 1.807) is 0 Å². The third-order valence-corrected chi connectivity index (χ3v) is 3.91. The van der Waals surface area contributed by atoms with Crippen LogP contribution in [0.25, 0.3) is 11.4 Å². The highest BCUT2D eigenvalue weighted by molar-refractivity contribution is 5.75. The molecule has 0 aliphatic rings. The molecule has 0 radical (unpaired) electrons. The van der Waals surface area contributed by atoms with Crippen molar-refractivity contribution < 1.29 is 18.0 Å². The number of carbonyl (C=O) groups excluding carboxylic acids is 1. The molecule has 27 heavy (non-hydrogen) atoms. The van der Waals surface area contributed by atoms with Crippen LogP contribution in [-0.2, 0) is 24.9 Å². The number of carbonyl (C=O) groups is 1. The second kappa shape index (κ2) is 7.48. The number of aromatic nitrogens is 3. The Balaban J connectivity index is 1.70. The van der Waals surface area contributed by atoms with Crippen LogP contribution in [0.3, 0.4) is 0 Å². The van der Waals surface area contributed by atoms with Crippen LogP contribution in [-0.4, -0.2) is 20.3 Å². The Morgan fingerprint density at radius 1 is 1.07 bits per heavy atom. The van der Waals surface area contributed by atoms with Gasteiger partial charge in [0, 0.05) is 19.2 Å². The molecule has 140 valence electrons. The maximum absolute atomic E-state index is 13.2. The van der Waals surface area contributed by atoms with Crippen molar-refractivity contribution in [3.05, 3.63) is 76.0 Å². The van der Waals surface area contributed by atoms with Gasteiger partial charge in [0.25, 0.3) is 0 Å². The highest BCUT2D eigenvalue weighted by Gasteiger charge is 2.15. The van der Waals surface area contributed by atoms with Crippen molar-refractivity contribution in [1.82, 2.24) is 19.7 Å². The summed E-state index contributed by atoms with van der Waals surface area (Å²) in [5, 5.41) is 6.61. The van der Waals surface area contributed by atoms with Crippen molar-refractivity contribution in [2.45, 2.75) is 13.1 Å². The summed E-state index contributed by atoms with van der Waals surface area (Å²) in [4.78, 5) is 24.3. The fourth-order valence-corrected chi connectivity index (χ4v) is 2.48. The molecule has 1 aromatic heterocycles. The Morgan fingerprint density at radius 3 is 2.44 bits per heavy atom. The van der Waals surface area contributed by atoms with Crippen molar-refractivity contribution in [3.8, 4) is 11.4 Å². The smallest absolute Gasteiger partial charge is 0.346 e. The lowest BCUT2D eigenvalue weighted by atomic mass is 10.2. The summed E-state index contributed by atoms with van der Waals surface area (Å²) in [7, 11) is 1.49. The van der Waals surface area contributed by atoms with Crippen LogP contribution in [0.2, 0.25) is 0 Å². The average Bonchev–Trinajstić information content (AvgIpc) is 2.92. The van der Waals surface area contributed by atoms with E-state index in [2.05, 4.69) is 10.4 Å². The number of benzene rings is 2. The number of nitrogens with one attached hydrogen (secondary N) is 1. The standard InChI is InChI=1S/C18H15F3N4O2/c1-24-17(12-3-5-13(19)6-4-12)23-25(18(24)27)10-16(26)22-9-11-2-7-14(20)15(21)8-11/h2-8H,9-10H2,1H3,(H,22,26). The lowest BCUT2D eigenvalue weighted by molar-refractivity contribution is -0.122. The van der Waals surface area contributed by atoms with Gasteiger partial charge >= 0.3 is 5.69 Å². The van der Waals surface area contributed by atoms with Gasteiger partial charge in [-0.15, -0.1) is 5.10 Å². The first kappa shape index (κ1) is 18.4. The Labute approximate surface area is 151 Å². The highest BCUT2D eigenvalue weighted by Crippen LogP contribution is 2.15. The van der Waals surface area contributed by atoms with Crippen molar-refractivity contribution >= 4 is 5.91 Å². The first-order valence-corrected chi connectivity index (χ1v) is 7.95. The minimum Gasteiger partial charge on any atom is -0.350 e. The zero-order valence-corrected chi connectivity index (χ0v) is 14.2. The summed E-state index contributed by atoms with van der Waals surface area (Å²) >= 11 is 0. The normalized spacial score (nSPS) is 10.8. The molecule has 0 saturated carbocycles. The van der Waals surface area contributed by atoms with E-state index in [0.29, 0.717) is 11.1 Å². The van der Waals surface area contributed by atoms with Gasteiger partial charge in [0.05, 0.1) is 0 Å². The van der Waals surface area contributed by atoms with Crippen LogP contribution in [0.1, 0.15) is 5.56 Å². The Bertz CT molecular complexity index is 1040. The molecular formula is C18H15F3N4O2. The summed E-state index contributed by atoms with van der Waals surface area (Å²) in [6.07, 6.45) is 0. The summed E-state index contributed by atoms with van der Waals surface area (Å²) < 4.78 is 41.3. The molecule has 1 amide bonds. The Morgan fingerprint density at radius 2 is 1.78 bits per heavy atom. The summed E-state index contributed by atoms with van der Waals surface area (Å²) in [6, 6.07) is 8.73. The van der Waals surface area contributed by atoms with Crippen molar-refractivity contribution in [2.24, 2.45) is 7.05 Å². The lowest BCUT2D eigenvalue weighted by Gasteiger charge is -2.05. The molecule has 0 aliphatic carbocycles. The molecule has 0 unspecified atom stereocenters. The van der Waals surface area contributed by atoms with E-state index in [4.69, 9.17) is 0 Å². The predicted molar refractivity (Wildman–Crippen MR) is 91.1 cm³/mol.